The van der Waals surface area contributed by atoms with E-state index in [4.69, 9.17) is 0 Å². The number of nitrogens with one attached hydrogen (secondary N) is 2. The van der Waals surface area contributed by atoms with Gasteiger partial charge in [-0.3, -0.25) is 14.5 Å². The van der Waals surface area contributed by atoms with Crippen LogP contribution in [0, 0.1) is 6.92 Å². The monoisotopic (exact) mass is 435 g/mol. The highest BCUT2D eigenvalue weighted by Crippen LogP contribution is 2.32. The lowest BCUT2D eigenvalue weighted by Crippen LogP contribution is -2.43. The van der Waals surface area contributed by atoms with Gasteiger partial charge in [0.1, 0.15) is 5.82 Å². The van der Waals surface area contributed by atoms with Gasteiger partial charge in [0.25, 0.3) is 5.91 Å². The minimum Gasteiger partial charge on any atom is -0.352 e. The summed E-state index contributed by atoms with van der Waals surface area (Å²) in [7, 11) is 0. The van der Waals surface area contributed by atoms with Crippen LogP contribution >= 0.6 is 0 Å². The number of hydrogen-bond acceptors (Lipinski definition) is 5. The van der Waals surface area contributed by atoms with Crippen LogP contribution in [0.15, 0.2) is 36.5 Å². The molecular formula is C25H33N5O2. The summed E-state index contributed by atoms with van der Waals surface area (Å²) >= 11 is 0. The van der Waals surface area contributed by atoms with E-state index in [2.05, 4.69) is 25.5 Å². The number of amides is 2. The first-order chi connectivity index (χ1) is 15.6. The highest BCUT2D eigenvalue weighted by molar-refractivity contribution is 5.95. The second-order valence-corrected chi connectivity index (χ2v) is 8.92. The summed E-state index contributed by atoms with van der Waals surface area (Å²) < 4.78 is 0. The van der Waals surface area contributed by atoms with Crippen molar-refractivity contribution in [2.24, 2.45) is 0 Å². The molecule has 0 bridgehead atoms. The zero-order chi connectivity index (χ0) is 22.3. The molecule has 4 rings (SSSR count). The third-order valence-electron chi connectivity index (χ3n) is 6.48. The normalized spacial score (nSPS) is 19.6. The molecule has 1 aliphatic heterocycles. The Labute approximate surface area is 190 Å². The second kappa shape index (κ2) is 10.7. The van der Waals surface area contributed by atoms with E-state index in [0.29, 0.717) is 30.5 Å². The number of aromatic nitrogens is 2. The number of carbonyl (C=O) groups excluding carboxylic acids is 2. The summed E-state index contributed by atoms with van der Waals surface area (Å²) in [6.45, 7) is 3.46. The Morgan fingerprint density at radius 1 is 1.06 bits per heavy atom. The van der Waals surface area contributed by atoms with Crippen molar-refractivity contribution in [1.82, 2.24) is 25.5 Å². The van der Waals surface area contributed by atoms with E-state index in [1.54, 1.807) is 6.20 Å². The molecule has 0 unspecified atom stereocenters. The number of carbonyl (C=O) groups is 2. The number of likely N-dealkylation sites (tertiary alicyclic amines) is 1. The zero-order valence-electron chi connectivity index (χ0n) is 18.8. The van der Waals surface area contributed by atoms with Crippen molar-refractivity contribution in [2.75, 3.05) is 13.1 Å². The summed E-state index contributed by atoms with van der Waals surface area (Å²) in [6, 6.07) is 10.1. The van der Waals surface area contributed by atoms with E-state index in [1.807, 2.05) is 37.3 Å². The van der Waals surface area contributed by atoms with E-state index < -0.39 is 0 Å². The van der Waals surface area contributed by atoms with Gasteiger partial charge in [0.2, 0.25) is 5.91 Å². The van der Waals surface area contributed by atoms with E-state index in [1.165, 1.54) is 19.3 Å². The third-order valence-corrected chi connectivity index (χ3v) is 6.48. The predicted molar refractivity (Wildman–Crippen MR) is 123 cm³/mol. The molecule has 170 valence electrons. The van der Waals surface area contributed by atoms with Crippen molar-refractivity contribution in [3.63, 3.8) is 0 Å². The van der Waals surface area contributed by atoms with Crippen LogP contribution in [-0.2, 0) is 11.3 Å². The Balaban J connectivity index is 1.44. The fraction of sp³-hybridized carbons (Fsp3) is 0.520. The van der Waals surface area contributed by atoms with Gasteiger partial charge >= 0.3 is 0 Å². The minimum atomic E-state index is -0.178. The topological polar surface area (TPSA) is 87.2 Å². The minimum absolute atomic E-state index is 0.0497. The van der Waals surface area contributed by atoms with Crippen LogP contribution < -0.4 is 10.6 Å². The molecule has 2 aliphatic rings. The van der Waals surface area contributed by atoms with Gasteiger partial charge in [-0.1, -0.05) is 49.6 Å². The van der Waals surface area contributed by atoms with Gasteiger partial charge in [-0.15, -0.1) is 0 Å². The molecule has 1 saturated carbocycles. The molecule has 1 aliphatic carbocycles. The summed E-state index contributed by atoms with van der Waals surface area (Å²) in [4.78, 5) is 36.8. The first kappa shape index (κ1) is 22.4. The molecule has 1 atom stereocenters. The maximum Gasteiger partial charge on any atom is 0.255 e. The summed E-state index contributed by atoms with van der Waals surface area (Å²) in [6.07, 6.45) is 9.29. The smallest absolute Gasteiger partial charge is 0.255 e. The number of rotatable bonds is 7. The molecule has 1 saturated heterocycles. The summed E-state index contributed by atoms with van der Waals surface area (Å²) in [5.41, 5.74) is 2.26. The number of hydrogen-bond donors (Lipinski definition) is 2. The Bertz CT molecular complexity index is 927. The standard InChI is InChI=1S/C25H33N5O2/c1-18-26-16-21(25(32)27-15-19-9-4-2-5-10-19)24(28-18)22-13-8-14-30(22)17-23(31)29-20-11-6-3-7-12-20/h2,4-5,9-10,16,20,22H,3,6-8,11-15,17H2,1H3,(H,27,32)(H,29,31)/t22-/m1/s1. The highest BCUT2D eigenvalue weighted by atomic mass is 16.2. The fourth-order valence-electron chi connectivity index (χ4n) is 4.82. The largest absolute Gasteiger partial charge is 0.352 e. The van der Waals surface area contributed by atoms with Crippen molar-refractivity contribution < 1.29 is 9.59 Å². The van der Waals surface area contributed by atoms with Crippen LogP contribution in [0.1, 0.15) is 78.4 Å². The Hall–Kier alpha value is -2.80. The lowest BCUT2D eigenvalue weighted by Gasteiger charge is -2.27. The van der Waals surface area contributed by atoms with Gasteiger partial charge in [0.15, 0.2) is 0 Å². The second-order valence-electron chi connectivity index (χ2n) is 8.92. The Kier molecular flexibility index (Phi) is 7.47. The van der Waals surface area contributed by atoms with Crippen LogP contribution in [0.4, 0.5) is 0 Å². The fourth-order valence-corrected chi connectivity index (χ4v) is 4.82. The molecule has 7 heteroatoms. The van der Waals surface area contributed by atoms with Crippen molar-refractivity contribution in [2.45, 2.75) is 70.5 Å². The van der Waals surface area contributed by atoms with Crippen LogP contribution in [0.25, 0.3) is 0 Å². The van der Waals surface area contributed by atoms with Crippen LogP contribution in [0.3, 0.4) is 0 Å². The SMILES string of the molecule is Cc1ncc(C(=O)NCc2ccccc2)c([C@H]2CCCN2CC(=O)NC2CCCCC2)n1. The van der Waals surface area contributed by atoms with Crippen molar-refractivity contribution in [3.05, 3.63) is 59.2 Å². The van der Waals surface area contributed by atoms with Gasteiger partial charge in [0.05, 0.1) is 23.8 Å². The average Bonchev–Trinajstić information content (AvgIpc) is 3.26. The quantitative estimate of drug-likeness (QED) is 0.697. The Morgan fingerprint density at radius 2 is 1.84 bits per heavy atom. The first-order valence-electron chi connectivity index (χ1n) is 11.8. The molecule has 2 amide bonds. The number of nitrogens with zero attached hydrogens (tertiary/aromatic N) is 3. The van der Waals surface area contributed by atoms with Crippen molar-refractivity contribution >= 4 is 11.8 Å². The number of aryl methyl sites for hydroxylation is 1. The molecule has 0 spiro atoms. The van der Waals surface area contributed by atoms with Gasteiger partial charge in [-0.25, -0.2) is 9.97 Å². The first-order valence-corrected chi connectivity index (χ1v) is 11.8. The van der Waals surface area contributed by atoms with E-state index >= 15 is 0 Å². The maximum atomic E-state index is 13.0. The number of benzene rings is 1. The van der Waals surface area contributed by atoms with Gasteiger partial charge in [0, 0.05) is 18.8 Å². The Morgan fingerprint density at radius 3 is 2.62 bits per heavy atom. The van der Waals surface area contributed by atoms with Crippen LogP contribution in [0.5, 0.6) is 0 Å². The van der Waals surface area contributed by atoms with E-state index in [-0.39, 0.29) is 17.9 Å². The van der Waals surface area contributed by atoms with Gasteiger partial charge in [-0.05, 0) is 44.7 Å². The molecule has 2 heterocycles. The molecule has 2 N–H and O–H groups in total. The van der Waals surface area contributed by atoms with Gasteiger partial charge in [-0.2, -0.15) is 0 Å². The van der Waals surface area contributed by atoms with E-state index in [0.717, 1.165) is 43.5 Å². The lowest BCUT2D eigenvalue weighted by molar-refractivity contribution is -0.123. The average molecular weight is 436 g/mol. The van der Waals surface area contributed by atoms with Crippen molar-refractivity contribution in [1.29, 1.82) is 0 Å². The van der Waals surface area contributed by atoms with Crippen LogP contribution in [0.2, 0.25) is 0 Å². The molecule has 7 nitrogen and oxygen atoms in total. The maximum absolute atomic E-state index is 13.0. The highest BCUT2D eigenvalue weighted by Gasteiger charge is 2.32. The van der Waals surface area contributed by atoms with Gasteiger partial charge < -0.3 is 10.6 Å². The summed E-state index contributed by atoms with van der Waals surface area (Å²) in [5.74, 6) is 0.533. The predicted octanol–water partition coefficient (Wildman–Crippen LogP) is 3.30. The lowest BCUT2D eigenvalue weighted by atomic mass is 9.95. The molecule has 32 heavy (non-hydrogen) atoms. The van der Waals surface area contributed by atoms with Crippen molar-refractivity contribution in [3.8, 4) is 0 Å². The summed E-state index contributed by atoms with van der Waals surface area (Å²) in [5, 5.41) is 6.20. The van der Waals surface area contributed by atoms with E-state index in [9.17, 15) is 9.59 Å². The molecular weight excluding hydrogens is 402 g/mol. The molecule has 1 aromatic heterocycles. The molecule has 2 aromatic rings. The zero-order valence-corrected chi connectivity index (χ0v) is 18.8. The van der Waals surface area contributed by atoms with Crippen LogP contribution in [-0.4, -0.2) is 45.8 Å². The molecule has 2 fully saturated rings. The third kappa shape index (κ3) is 5.71. The molecule has 1 aromatic carbocycles. The molecule has 0 radical (unpaired) electrons.